The maximum absolute atomic E-state index is 12.3. The smallest absolute Gasteiger partial charge is 0.300 e. The molecule has 2 nitrogen and oxygen atoms in total. The van der Waals surface area contributed by atoms with E-state index in [1.165, 1.54) is 0 Å². The second-order valence-electron chi connectivity index (χ2n) is 3.55. The zero-order chi connectivity index (χ0) is 15.9. The van der Waals surface area contributed by atoms with E-state index in [4.69, 9.17) is 0 Å². The SMILES string of the molecule is CC(=O)CC(=O)C(C(F)(F)F)(C(F)(F)F)C(F)(F)F. The van der Waals surface area contributed by atoms with Gasteiger partial charge >= 0.3 is 23.9 Å². The number of carbonyl (C=O) groups is 2. The summed E-state index contributed by atoms with van der Waals surface area (Å²) in [7, 11) is 0. The van der Waals surface area contributed by atoms with Gasteiger partial charge in [-0.3, -0.25) is 9.59 Å². The van der Waals surface area contributed by atoms with E-state index in [9.17, 15) is 49.1 Å². The number of halogens is 9. The summed E-state index contributed by atoms with van der Waals surface area (Å²) in [5, 5.41) is 0. The molecule has 0 spiro atoms. The van der Waals surface area contributed by atoms with Crippen molar-refractivity contribution in [2.24, 2.45) is 5.41 Å². The van der Waals surface area contributed by atoms with Crippen LogP contribution >= 0.6 is 0 Å². The molecule has 112 valence electrons. The van der Waals surface area contributed by atoms with Gasteiger partial charge in [0.1, 0.15) is 5.78 Å². The number of Topliss-reactive ketones (excluding diaryl/α,β-unsaturated/α-hetero) is 2. The molecular weight excluding hydrogens is 299 g/mol. The van der Waals surface area contributed by atoms with E-state index in [-0.39, 0.29) is 0 Å². The Morgan fingerprint density at radius 2 is 1.00 bits per heavy atom. The van der Waals surface area contributed by atoms with Crippen LogP contribution in [0.3, 0.4) is 0 Å². The average molecular weight is 304 g/mol. The lowest BCUT2D eigenvalue weighted by Gasteiger charge is -2.36. The fourth-order valence-electron chi connectivity index (χ4n) is 1.32. The van der Waals surface area contributed by atoms with E-state index in [1.807, 2.05) is 0 Å². The fourth-order valence-corrected chi connectivity index (χ4v) is 1.32. The van der Waals surface area contributed by atoms with Crippen molar-refractivity contribution in [2.75, 3.05) is 0 Å². The second-order valence-corrected chi connectivity index (χ2v) is 3.55. The quantitative estimate of drug-likeness (QED) is 0.592. The third-order valence-corrected chi connectivity index (χ3v) is 2.10. The molecule has 0 amide bonds. The summed E-state index contributed by atoms with van der Waals surface area (Å²) in [5.74, 6) is -4.85. The minimum absolute atomic E-state index is 0.395. The predicted octanol–water partition coefficient (Wildman–Crippen LogP) is 3.21. The Balaban J connectivity index is 6.27. The summed E-state index contributed by atoms with van der Waals surface area (Å²) in [6, 6.07) is 0. The van der Waals surface area contributed by atoms with Gasteiger partial charge in [0.15, 0.2) is 5.78 Å². The van der Waals surface area contributed by atoms with Crippen LogP contribution in [0.2, 0.25) is 0 Å². The highest BCUT2D eigenvalue weighted by molar-refractivity contribution is 6.02. The van der Waals surface area contributed by atoms with Crippen molar-refractivity contribution in [2.45, 2.75) is 31.9 Å². The average Bonchev–Trinajstić information content (AvgIpc) is 1.91. The molecule has 0 aromatic rings. The number of ketones is 2. The van der Waals surface area contributed by atoms with Crippen LogP contribution in [0.5, 0.6) is 0 Å². The molecular formula is C8H5F9O2. The van der Waals surface area contributed by atoms with E-state index in [2.05, 4.69) is 0 Å². The molecule has 0 rings (SSSR count). The van der Waals surface area contributed by atoms with Crippen molar-refractivity contribution in [1.29, 1.82) is 0 Å². The molecule has 0 aliphatic rings. The molecule has 0 atom stereocenters. The first-order valence-electron chi connectivity index (χ1n) is 4.32. The molecule has 0 heterocycles. The summed E-state index contributed by atoms with van der Waals surface area (Å²) in [6.07, 6.45) is -23.0. The van der Waals surface area contributed by atoms with Crippen LogP contribution < -0.4 is 0 Å². The third kappa shape index (κ3) is 2.84. The topological polar surface area (TPSA) is 34.1 Å². The van der Waals surface area contributed by atoms with Gasteiger partial charge in [-0.15, -0.1) is 0 Å². The molecule has 0 aliphatic carbocycles. The van der Waals surface area contributed by atoms with Gasteiger partial charge in [-0.25, -0.2) is 0 Å². The Morgan fingerprint density at radius 3 is 1.16 bits per heavy atom. The number of alkyl halides is 9. The molecule has 0 radical (unpaired) electrons. The zero-order valence-corrected chi connectivity index (χ0v) is 8.93. The highest BCUT2D eigenvalue weighted by Gasteiger charge is 2.87. The van der Waals surface area contributed by atoms with Gasteiger partial charge in [0.2, 0.25) is 0 Å². The van der Waals surface area contributed by atoms with Crippen LogP contribution in [0.25, 0.3) is 0 Å². The van der Waals surface area contributed by atoms with Gasteiger partial charge in [-0.05, 0) is 6.92 Å². The maximum Gasteiger partial charge on any atom is 0.419 e. The zero-order valence-electron chi connectivity index (χ0n) is 8.93. The molecule has 0 saturated carbocycles. The van der Waals surface area contributed by atoms with Crippen molar-refractivity contribution < 1.29 is 49.1 Å². The van der Waals surface area contributed by atoms with E-state index in [0.717, 1.165) is 0 Å². The summed E-state index contributed by atoms with van der Waals surface area (Å²) in [6.45, 7) is 0.395. The molecule has 0 fully saturated rings. The van der Waals surface area contributed by atoms with Gasteiger partial charge in [-0.2, -0.15) is 39.5 Å². The van der Waals surface area contributed by atoms with Crippen molar-refractivity contribution in [3.05, 3.63) is 0 Å². The van der Waals surface area contributed by atoms with Crippen LogP contribution in [0, 0.1) is 5.41 Å². The molecule has 0 aromatic heterocycles. The van der Waals surface area contributed by atoms with Crippen LogP contribution in [0.15, 0.2) is 0 Å². The molecule has 19 heavy (non-hydrogen) atoms. The van der Waals surface area contributed by atoms with Crippen molar-refractivity contribution in [1.82, 2.24) is 0 Å². The second kappa shape index (κ2) is 4.67. The van der Waals surface area contributed by atoms with Crippen LogP contribution in [-0.4, -0.2) is 30.1 Å². The van der Waals surface area contributed by atoms with Crippen molar-refractivity contribution in [3.63, 3.8) is 0 Å². The highest BCUT2D eigenvalue weighted by Crippen LogP contribution is 2.60. The molecule has 0 bridgehead atoms. The van der Waals surface area contributed by atoms with Crippen molar-refractivity contribution in [3.8, 4) is 0 Å². The Morgan fingerprint density at radius 1 is 0.737 bits per heavy atom. The van der Waals surface area contributed by atoms with E-state index >= 15 is 0 Å². The largest absolute Gasteiger partial charge is 0.419 e. The van der Waals surface area contributed by atoms with Crippen molar-refractivity contribution >= 4 is 11.6 Å². The molecule has 0 aliphatic heterocycles. The van der Waals surface area contributed by atoms with Gasteiger partial charge in [0.05, 0.1) is 6.42 Å². The Hall–Kier alpha value is -1.29. The lowest BCUT2D eigenvalue weighted by atomic mass is 9.78. The lowest BCUT2D eigenvalue weighted by Crippen LogP contribution is -2.64. The molecule has 11 heteroatoms. The molecule has 0 saturated heterocycles. The number of rotatable bonds is 3. The summed E-state index contributed by atoms with van der Waals surface area (Å²) >= 11 is 0. The van der Waals surface area contributed by atoms with E-state index < -0.39 is 41.9 Å². The minimum Gasteiger partial charge on any atom is -0.300 e. The molecule has 0 aromatic carbocycles. The van der Waals surface area contributed by atoms with Gasteiger partial charge < -0.3 is 0 Å². The minimum atomic E-state index is -6.96. The normalized spacial score (nSPS) is 14.4. The first-order chi connectivity index (χ1) is 8.09. The maximum atomic E-state index is 12.3. The molecule has 0 unspecified atom stereocenters. The number of hydrogen-bond donors (Lipinski definition) is 0. The Labute approximate surface area is 99.1 Å². The van der Waals surface area contributed by atoms with Gasteiger partial charge in [0, 0.05) is 0 Å². The number of hydrogen-bond acceptors (Lipinski definition) is 2. The van der Waals surface area contributed by atoms with Gasteiger partial charge in [0.25, 0.3) is 0 Å². The fraction of sp³-hybridized carbons (Fsp3) is 0.750. The van der Waals surface area contributed by atoms with Crippen LogP contribution in [0.4, 0.5) is 39.5 Å². The highest BCUT2D eigenvalue weighted by atomic mass is 19.4. The van der Waals surface area contributed by atoms with E-state index in [1.54, 1.807) is 0 Å². The Kier molecular flexibility index (Phi) is 4.36. The van der Waals surface area contributed by atoms with Gasteiger partial charge in [-0.1, -0.05) is 0 Å². The summed E-state index contributed by atoms with van der Waals surface area (Å²) in [5.41, 5.74) is -6.56. The first kappa shape index (κ1) is 17.7. The predicted molar refractivity (Wildman–Crippen MR) is 40.9 cm³/mol. The third-order valence-electron chi connectivity index (χ3n) is 2.10. The van der Waals surface area contributed by atoms with E-state index in [0.29, 0.717) is 6.92 Å². The Bertz CT molecular complexity index is 337. The summed E-state index contributed by atoms with van der Waals surface area (Å²) < 4.78 is 111. The first-order valence-corrected chi connectivity index (χ1v) is 4.32. The van der Waals surface area contributed by atoms with Crippen LogP contribution in [-0.2, 0) is 9.59 Å². The monoisotopic (exact) mass is 304 g/mol. The number of carbonyl (C=O) groups excluding carboxylic acids is 2. The summed E-state index contributed by atoms with van der Waals surface area (Å²) in [4.78, 5) is 21.2. The van der Waals surface area contributed by atoms with Crippen LogP contribution in [0.1, 0.15) is 13.3 Å². The lowest BCUT2D eigenvalue weighted by molar-refractivity contribution is -0.406. The standard InChI is InChI=1S/C8H5F9O2/c1-3(18)2-4(19)5(6(9,10)11,7(12,13)14)8(15,16)17/h2H2,1H3. The molecule has 0 N–H and O–H groups in total.